The van der Waals surface area contributed by atoms with E-state index in [1.807, 2.05) is 0 Å². The number of hydrogen-bond acceptors (Lipinski definition) is 2. The lowest BCUT2D eigenvalue weighted by Gasteiger charge is -2.09. The third-order valence-electron chi connectivity index (χ3n) is 2.57. The van der Waals surface area contributed by atoms with Gasteiger partial charge in [-0.15, -0.1) is 0 Å². The topological polar surface area (TPSA) is 50.4 Å². The fourth-order valence-corrected chi connectivity index (χ4v) is 1.82. The van der Waals surface area contributed by atoms with Gasteiger partial charge in [0.25, 0.3) is 0 Å². The fraction of sp³-hybridized carbons (Fsp3) is 0.133. The second-order valence-corrected chi connectivity index (χ2v) is 5.06. The molecule has 110 valence electrons. The minimum atomic E-state index is -0.294. The van der Waals surface area contributed by atoms with Crippen molar-refractivity contribution in [2.24, 2.45) is 0 Å². The monoisotopic (exact) mass is 324 g/mol. The minimum absolute atomic E-state index is 0.294. The van der Waals surface area contributed by atoms with Gasteiger partial charge in [0.2, 0.25) is 0 Å². The van der Waals surface area contributed by atoms with Crippen molar-refractivity contribution in [1.82, 2.24) is 5.32 Å². The Kier molecular flexibility index (Phi) is 5.72. The molecule has 0 fully saturated rings. The number of amides is 2. The number of ether oxygens (including phenoxy) is 1. The van der Waals surface area contributed by atoms with Crippen molar-refractivity contribution < 1.29 is 9.53 Å². The molecule has 0 heterocycles. The molecule has 21 heavy (non-hydrogen) atoms. The van der Waals surface area contributed by atoms with E-state index in [0.29, 0.717) is 34.6 Å². The Labute approximate surface area is 133 Å². The lowest BCUT2D eigenvalue weighted by atomic mass is 10.3. The Morgan fingerprint density at radius 3 is 2.14 bits per heavy atom. The summed E-state index contributed by atoms with van der Waals surface area (Å²) in [5.41, 5.74) is 0.676. The van der Waals surface area contributed by atoms with E-state index in [1.54, 1.807) is 48.5 Å². The molecule has 0 aliphatic rings. The van der Waals surface area contributed by atoms with Crippen LogP contribution in [0, 0.1) is 0 Å². The van der Waals surface area contributed by atoms with Gasteiger partial charge in [0.1, 0.15) is 12.4 Å². The van der Waals surface area contributed by atoms with Crippen molar-refractivity contribution >= 4 is 34.9 Å². The largest absolute Gasteiger partial charge is 0.492 e. The summed E-state index contributed by atoms with van der Waals surface area (Å²) in [6.45, 7) is 0.762. The molecule has 0 aliphatic carbocycles. The number of halogens is 2. The molecule has 2 rings (SSSR count). The molecule has 4 nitrogen and oxygen atoms in total. The molecule has 2 amide bonds. The van der Waals surface area contributed by atoms with Gasteiger partial charge in [-0.3, -0.25) is 0 Å². The molecule has 2 aromatic rings. The molecule has 2 aromatic carbocycles. The number of carbonyl (C=O) groups is 1. The first-order valence-corrected chi connectivity index (χ1v) is 7.08. The molecule has 0 aromatic heterocycles. The van der Waals surface area contributed by atoms with Gasteiger partial charge in [0.05, 0.1) is 6.54 Å². The third kappa shape index (κ3) is 5.53. The predicted molar refractivity (Wildman–Crippen MR) is 85.4 cm³/mol. The molecular weight excluding hydrogens is 311 g/mol. The first-order valence-electron chi connectivity index (χ1n) is 6.32. The normalized spacial score (nSPS) is 10.0. The molecule has 0 saturated heterocycles. The fourth-order valence-electron chi connectivity index (χ4n) is 1.57. The number of carbonyl (C=O) groups excluding carboxylic acids is 1. The van der Waals surface area contributed by atoms with Crippen molar-refractivity contribution in [3.05, 3.63) is 58.6 Å². The van der Waals surface area contributed by atoms with Crippen LogP contribution in [-0.4, -0.2) is 19.2 Å². The number of hydrogen-bond donors (Lipinski definition) is 2. The lowest BCUT2D eigenvalue weighted by Crippen LogP contribution is -2.32. The van der Waals surface area contributed by atoms with E-state index in [4.69, 9.17) is 27.9 Å². The average Bonchev–Trinajstić information content (AvgIpc) is 2.48. The zero-order chi connectivity index (χ0) is 15.1. The highest BCUT2D eigenvalue weighted by molar-refractivity contribution is 6.30. The van der Waals surface area contributed by atoms with Crippen molar-refractivity contribution in [2.75, 3.05) is 18.5 Å². The summed E-state index contributed by atoms with van der Waals surface area (Å²) >= 11 is 11.5. The summed E-state index contributed by atoms with van der Waals surface area (Å²) < 4.78 is 5.46. The van der Waals surface area contributed by atoms with Crippen LogP contribution in [0.5, 0.6) is 5.75 Å². The summed E-state index contributed by atoms with van der Waals surface area (Å²) in [6.07, 6.45) is 0. The molecule has 0 aliphatic heterocycles. The summed E-state index contributed by atoms with van der Waals surface area (Å²) in [7, 11) is 0. The van der Waals surface area contributed by atoms with Crippen molar-refractivity contribution in [1.29, 1.82) is 0 Å². The van der Waals surface area contributed by atoms with Crippen LogP contribution in [0.2, 0.25) is 10.0 Å². The molecule has 0 radical (unpaired) electrons. The molecule has 0 spiro atoms. The molecule has 6 heteroatoms. The Bertz CT molecular complexity index is 586. The summed E-state index contributed by atoms with van der Waals surface area (Å²) in [6, 6.07) is 13.6. The number of nitrogens with one attached hydrogen (secondary N) is 2. The SMILES string of the molecule is O=C(NCCOc1ccc(Cl)cc1)Nc1ccc(Cl)cc1. The van der Waals surface area contributed by atoms with E-state index in [1.165, 1.54) is 0 Å². The maximum Gasteiger partial charge on any atom is 0.319 e. The summed E-state index contributed by atoms with van der Waals surface area (Å²) in [5, 5.41) is 6.66. The van der Waals surface area contributed by atoms with E-state index >= 15 is 0 Å². The Hall–Kier alpha value is -1.91. The van der Waals surface area contributed by atoms with E-state index in [-0.39, 0.29) is 6.03 Å². The van der Waals surface area contributed by atoms with Gasteiger partial charge in [-0.2, -0.15) is 0 Å². The van der Waals surface area contributed by atoms with E-state index < -0.39 is 0 Å². The van der Waals surface area contributed by atoms with E-state index in [2.05, 4.69) is 10.6 Å². The molecule has 2 N–H and O–H groups in total. The van der Waals surface area contributed by atoms with Gasteiger partial charge in [-0.25, -0.2) is 4.79 Å². The van der Waals surface area contributed by atoms with Crippen molar-refractivity contribution in [3.63, 3.8) is 0 Å². The average molecular weight is 325 g/mol. The van der Waals surface area contributed by atoms with Crippen LogP contribution < -0.4 is 15.4 Å². The molecule has 0 atom stereocenters. The van der Waals surface area contributed by atoms with Crippen LogP contribution in [0.3, 0.4) is 0 Å². The summed E-state index contributed by atoms with van der Waals surface area (Å²) in [5.74, 6) is 0.708. The smallest absolute Gasteiger partial charge is 0.319 e. The highest BCUT2D eigenvalue weighted by Crippen LogP contribution is 2.15. The van der Waals surface area contributed by atoms with Crippen LogP contribution in [0.15, 0.2) is 48.5 Å². The standard InChI is InChI=1S/C15H14Cl2N2O2/c16-11-1-5-13(6-2-11)19-15(20)18-9-10-21-14-7-3-12(17)4-8-14/h1-8H,9-10H2,(H2,18,19,20). The van der Waals surface area contributed by atoms with E-state index in [0.717, 1.165) is 0 Å². The maximum atomic E-state index is 11.6. The zero-order valence-electron chi connectivity index (χ0n) is 11.1. The first-order chi connectivity index (χ1) is 10.1. The second-order valence-electron chi connectivity index (χ2n) is 4.19. The minimum Gasteiger partial charge on any atom is -0.492 e. The van der Waals surface area contributed by atoms with Crippen LogP contribution in [-0.2, 0) is 0 Å². The highest BCUT2D eigenvalue weighted by atomic mass is 35.5. The molecule has 0 bridgehead atoms. The Balaban J connectivity index is 1.67. The van der Waals surface area contributed by atoms with Crippen LogP contribution >= 0.6 is 23.2 Å². The van der Waals surface area contributed by atoms with Gasteiger partial charge in [0.15, 0.2) is 0 Å². The van der Waals surface area contributed by atoms with E-state index in [9.17, 15) is 4.79 Å². The molecule has 0 saturated carbocycles. The number of urea groups is 1. The predicted octanol–water partition coefficient (Wildman–Crippen LogP) is 4.19. The number of anilines is 1. The van der Waals surface area contributed by atoms with Gasteiger partial charge in [-0.05, 0) is 48.5 Å². The van der Waals surface area contributed by atoms with Gasteiger partial charge >= 0.3 is 6.03 Å². The zero-order valence-corrected chi connectivity index (χ0v) is 12.6. The maximum absolute atomic E-state index is 11.6. The lowest BCUT2D eigenvalue weighted by molar-refractivity contribution is 0.247. The quantitative estimate of drug-likeness (QED) is 0.810. The van der Waals surface area contributed by atoms with Gasteiger partial charge in [0, 0.05) is 15.7 Å². The highest BCUT2D eigenvalue weighted by Gasteiger charge is 2.01. The first kappa shape index (κ1) is 15.5. The third-order valence-corrected chi connectivity index (χ3v) is 3.08. The van der Waals surface area contributed by atoms with Gasteiger partial charge < -0.3 is 15.4 Å². The Morgan fingerprint density at radius 2 is 1.52 bits per heavy atom. The second kappa shape index (κ2) is 7.76. The van der Waals surface area contributed by atoms with Crippen LogP contribution in [0.25, 0.3) is 0 Å². The van der Waals surface area contributed by atoms with Crippen LogP contribution in [0.4, 0.5) is 10.5 Å². The van der Waals surface area contributed by atoms with Crippen LogP contribution in [0.1, 0.15) is 0 Å². The van der Waals surface area contributed by atoms with Gasteiger partial charge in [-0.1, -0.05) is 23.2 Å². The Morgan fingerprint density at radius 1 is 0.952 bits per heavy atom. The van der Waals surface area contributed by atoms with Crippen molar-refractivity contribution in [2.45, 2.75) is 0 Å². The number of rotatable bonds is 5. The number of benzene rings is 2. The van der Waals surface area contributed by atoms with Crippen molar-refractivity contribution in [3.8, 4) is 5.75 Å². The molecular formula is C15H14Cl2N2O2. The molecule has 0 unspecified atom stereocenters. The summed E-state index contributed by atoms with van der Waals surface area (Å²) in [4.78, 5) is 11.6.